The molecule has 0 spiro atoms. The summed E-state index contributed by atoms with van der Waals surface area (Å²) in [5.41, 5.74) is 0. The van der Waals surface area contributed by atoms with Gasteiger partial charge in [0.1, 0.15) is 19.8 Å². The fourth-order valence-corrected chi connectivity index (χ4v) is 7.83. The summed E-state index contributed by atoms with van der Waals surface area (Å²) in [7, 11) is 1.15. The van der Waals surface area contributed by atoms with E-state index in [2.05, 4.69) is 74.6 Å². The number of phosphoric ester groups is 1. The van der Waals surface area contributed by atoms with Crippen LogP contribution in [0.15, 0.2) is 60.8 Å². The third kappa shape index (κ3) is 51.0. The minimum Gasteiger partial charge on any atom is -0.756 e. The summed E-state index contributed by atoms with van der Waals surface area (Å²) in [5.74, 6) is -0.850. The zero-order valence-corrected chi connectivity index (χ0v) is 43.6. The van der Waals surface area contributed by atoms with Crippen molar-refractivity contribution in [2.75, 3.05) is 47.5 Å². The van der Waals surface area contributed by atoms with Crippen LogP contribution in [0.2, 0.25) is 0 Å². The molecular weight excluding hydrogens is 834 g/mol. The lowest BCUT2D eigenvalue weighted by Gasteiger charge is -2.28. The van der Waals surface area contributed by atoms with Gasteiger partial charge in [0.05, 0.1) is 27.7 Å². The fraction of sp³-hybridized carbons (Fsp3) is 0.782. The van der Waals surface area contributed by atoms with Gasteiger partial charge >= 0.3 is 11.9 Å². The number of likely N-dealkylation sites (N-methyl/N-ethyl adjacent to an activating group) is 1. The molecule has 0 saturated carbocycles. The van der Waals surface area contributed by atoms with E-state index in [1.165, 1.54) is 116 Å². The number of rotatable bonds is 48. The second-order valence-corrected chi connectivity index (χ2v) is 20.3. The number of allylic oxidation sites excluding steroid dienone is 10. The van der Waals surface area contributed by atoms with E-state index < -0.39 is 32.5 Å². The Bertz CT molecular complexity index is 1290. The van der Waals surface area contributed by atoms with E-state index in [4.69, 9.17) is 18.5 Å². The highest BCUT2D eigenvalue weighted by Crippen LogP contribution is 2.38. The van der Waals surface area contributed by atoms with Crippen LogP contribution in [0.5, 0.6) is 0 Å². The molecule has 65 heavy (non-hydrogen) atoms. The fourth-order valence-electron chi connectivity index (χ4n) is 7.10. The van der Waals surface area contributed by atoms with Crippen molar-refractivity contribution in [3.63, 3.8) is 0 Å². The second kappa shape index (κ2) is 46.8. The van der Waals surface area contributed by atoms with E-state index in [0.717, 1.165) is 77.0 Å². The molecule has 0 aromatic carbocycles. The number of phosphoric acid groups is 1. The minimum absolute atomic E-state index is 0.0359. The van der Waals surface area contributed by atoms with E-state index in [-0.39, 0.29) is 26.1 Å². The number of unbranched alkanes of at least 4 members (excludes halogenated alkanes) is 24. The number of ether oxygens (including phenoxy) is 2. The number of carbonyl (C=O) groups is 2. The van der Waals surface area contributed by atoms with Crippen molar-refractivity contribution in [3.05, 3.63) is 60.8 Å². The van der Waals surface area contributed by atoms with Crippen LogP contribution < -0.4 is 4.89 Å². The van der Waals surface area contributed by atoms with Gasteiger partial charge in [-0.2, -0.15) is 0 Å². The topological polar surface area (TPSA) is 111 Å². The Labute approximate surface area is 400 Å². The Morgan fingerprint density at radius 1 is 0.477 bits per heavy atom. The van der Waals surface area contributed by atoms with Crippen LogP contribution in [-0.2, 0) is 32.7 Å². The van der Waals surface area contributed by atoms with Gasteiger partial charge in [0.25, 0.3) is 7.82 Å². The number of hydrogen-bond acceptors (Lipinski definition) is 8. The summed E-state index contributed by atoms with van der Waals surface area (Å²) >= 11 is 0. The third-order valence-electron chi connectivity index (χ3n) is 11.3. The first kappa shape index (κ1) is 62.7. The van der Waals surface area contributed by atoms with Crippen LogP contribution >= 0.6 is 7.82 Å². The summed E-state index contributed by atoms with van der Waals surface area (Å²) < 4.78 is 34.1. The van der Waals surface area contributed by atoms with Gasteiger partial charge < -0.3 is 27.9 Å². The highest BCUT2D eigenvalue weighted by Gasteiger charge is 2.21. The molecule has 0 aromatic rings. The van der Waals surface area contributed by atoms with Gasteiger partial charge in [0, 0.05) is 12.8 Å². The first-order chi connectivity index (χ1) is 31.5. The van der Waals surface area contributed by atoms with Crippen LogP contribution in [0.4, 0.5) is 0 Å². The normalized spacial score (nSPS) is 13.9. The predicted octanol–water partition coefficient (Wildman–Crippen LogP) is 15.3. The largest absolute Gasteiger partial charge is 0.756 e. The second-order valence-electron chi connectivity index (χ2n) is 18.9. The molecule has 0 amide bonds. The van der Waals surface area contributed by atoms with Gasteiger partial charge in [-0.3, -0.25) is 14.2 Å². The molecule has 0 aliphatic rings. The standard InChI is InChI=1S/C55H100NO8P/c1-6-8-10-12-14-16-18-20-22-24-26-27-28-29-30-32-34-36-38-40-42-44-46-48-55(58)64-53(52-63-65(59,60)62-50-49-56(3,4)5)51-61-54(57)47-45-43-41-39-37-35-33-31-25-23-21-19-17-15-13-11-9-7-2/h17-20,23-26,28-29,53H,6-16,21-22,27,30-52H2,1-5H3/b19-17-,20-18-,25-23-,26-24-,29-28-. The molecule has 0 fully saturated rings. The molecule has 0 saturated heterocycles. The molecule has 0 aromatic heterocycles. The van der Waals surface area contributed by atoms with Gasteiger partial charge in [-0.15, -0.1) is 0 Å². The van der Waals surface area contributed by atoms with Gasteiger partial charge in [0.15, 0.2) is 6.10 Å². The lowest BCUT2D eigenvalue weighted by Crippen LogP contribution is -2.37. The summed E-state index contributed by atoms with van der Waals surface area (Å²) in [4.78, 5) is 37.8. The molecule has 0 rings (SSSR count). The molecule has 2 unspecified atom stereocenters. The summed E-state index contributed by atoms with van der Waals surface area (Å²) in [6, 6.07) is 0. The smallest absolute Gasteiger partial charge is 0.306 e. The SMILES string of the molecule is CCCCCC/C=C\C/C=C\CCCCCCCCCC(=O)OCC(COP(=O)([O-])OCC[N+](C)(C)C)OC(=O)CCCCCCCCCC/C=C\C/C=C\C/C=C\CCCCCCC. The minimum atomic E-state index is -4.64. The van der Waals surface area contributed by atoms with Crippen LogP contribution in [0.25, 0.3) is 0 Å². The van der Waals surface area contributed by atoms with Crippen molar-refractivity contribution in [2.45, 2.75) is 232 Å². The molecular formula is C55H100NO8P. The van der Waals surface area contributed by atoms with E-state index in [9.17, 15) is 19.0 Å². The molecule has 0 bridgehead atoms. The third-order valence-corrected chi connectivity index (χ3v) is 12.2. The number of carbonyl (C=O) groups excluding carboxylic acids is 2. The zero-order valence-electron chi connectivity index (χ0n) is 42.7. The van der Waals surface area contributed by atoms with Gasteiger partial charge in [-0.25, -0.2) is 0 Å². The monoisotopic (exact) mass is 934 g/mol. The highest BCUT2D eigenvalue weighted by molar-refractivity contribution is 7.45. The van der Waals surface area contributed by atoms with Crippen LogP contribution in [0.3, 0.4) is 0 Å². The number of esters is 2. The maximum Gasteiger partial charge on any atom is 0.306 e. The zero-order chi connectivity index (χ0) is 47.8. The van der Waals surface area contributed by atoms with Crippen molar-refractivity contribution in [2.24, 2.45) is 0 Å². The van der Waals surface area contributed by atoms with Crippen LogP contribution in [0, 0.1) is 0 Å². The Kier molecular flexibility index (Phi) is 45.2. The van der Waals surface area contributed by atoms with Crippen molar-refractivity contribution < 1.29 is 42.1 Å². The Morgan fingerprint density at radius 2 is 0.831 bits per heavy atom. The van der Waals surface area contributed by atoms with Crippen molar-refractivity contribution in [1.29, 1.82) is 0 Å². The lowest BCUT2D eigenvalue weighted by molar-refractivity contribution is -0.870. The average Bonchev–Trinajstić information content (AvgIpc) is 3.26. The van der Waals surface area contributed by atoms with E-state index >= 15 is 0 Å². The molecule has 378 valence electrons. The first-order valence-electron chi connectivity index (χ1n) is 26.5. The summed E-state index contributed by atoms with van der Waals surface area (Å²) in [6.45, 7) is 4.20. The molecule has 10 heteroatoms. The molecule has 0 aliphatic heterocycles. The Morgan fingerprint density at radius 3 is 1.25 bits per heavy atom. The molecule has 0 aliphatic carbocycles. The summed E-state index contributed by atoms with van der Waals surface area (Å²) in [6.07, 6.45) is 58.2. The quantitative estimate of drug-likeness (QED) is 0.0195. The Balaban J connectivity index is 4.27. The molecule has 9 nitrogen and oxygen atoms in total. The maximum absolute atomic E-state index is 12.8. The average molecular weight is 934 g/mol. The first-order valence-corrected chi connectivity index (χ1v) is 28.0. The van der Waals surface area contributed by atoms with Gasteiger partial charge in [0.2, 0.25) is 0 Å². The highest BCUT2D eigenvalue weighted by atomic mass is 31.2. The van der Waals surface area contributed by atoms with E-state index in [1.54, 1.807) is 0 Å². The van der Waals surface area contributed by atoms with Crippen LogP contribution in [0.1, 0.15) is 226 Å². The molecule has 2 atom stereocenters. The van der Waals surface area contributed by atoms with Crippen molar-refractivity contribution in [1.82, 2.24) is 0 Å². The lowest BCUT2D eigenvalue weighted by atomic mass is 10.1. The maximum atomic E-state index is 12.8. The van der Waals surface area contributed by atoms with Crippen molar-refractivity contribution >= 4 is 19.8 Å². The van der Waals surface area contributed by atoms with E-state index in [1.807, 2.05) is 21.1 Å². The van der Waals surface area contributed by atoms with E-state index in [0.29, 0.717) is 17.4 Å². The summed E-state index contributed by atoms with van der Waals surface area (Å²) in [5, 5.41) is 0. The number of hydrogen-bond donors (Lipinski definition) is 0. The van der Waals surface area contributed by atoms with Crippen molar-refractivity contribution in [3.8, 4) is 0 Å². The van der Waals surface area contributed by atoms with Crippen LogP contribution in [-0.4, -0.2) is 70.0 Å². The molecule has 0 N–H and O–H groups in total. The Hall–Kier alpha value is -2.29. The van der Waals surface area contributed by atoms with Gasteiger partial charge in [-0.1, -0.05) is 190 Å². The molecule has 0 radical (unpaired) electrons. The molecule has 0 heterocycles. The number of nitrogens with zero attached hydrogens (tertiary/aromatic N) is 1. The number of quaternary nitrogens is 1. The predicted molar refractivity (Wildman–Crippen MR) is 273 cm³/mol. The van der Waals surface area contributed by atoms with Gasteiger partial charge in [-0.05, 0) is 83.5 Å².